The van der Waals surface area contributed by atoms with E-state index >= 15 is 0 Å². The summed E-state index contributed by atoms with van der Waals surface area (Å²) in [5, 5.41) is 8.48. The monoisotopic (exact) mass is 464 g/mol. The number of nitrogens with zero attached hydrogens (tertiary/aromatic N) is 3. The molecule has 4 rings (SSSR count). The summed E-state index contributed by atoms with van der Waals surface area (Å²) in [5.41, 5.74) is 7.70. The van der Waals surface area contributed by atoms with Gasteiger partial charge in [-0.15, -0.1) is 10.2 Å². The second-order valence-corrected chi connectivity index (χ2v) is 7.45. The number of benzene rings is 2. The number of halogens is 1. The number of pyridine rings is 1. The van der Waals surface area contributed by atoms with E-state index in [2.05, 4.69) is 43.2 Å². The number of ether oxygens (including phenoxy) is 1. The highest BCUT2D eigenvalue weighted by atomic mass is 79.9. The van der Waals surface area contributed by atoms with Crippen molar-refractivity contribution in [2.45, 2.75) is 12.3 Å². The molecule has 7 nitrogen and oxygen atoms in total. The van der Waals surface area contributed by atoms with Crippen LogP contribution in [0.25, 0.3) is 11.5 Å². The minimum Gasteiger partial charge on any atom is -0.420 e. The first-order valence-electron chi connectivity index (χ1n) is 9.15. The molecule has 30 heavy (non-hydrogen) atoms. The highest BCUT2D eigenvalue weighted by Crippen LogP contribution is 2.30. The minimum atomic E-state index is -0.867. The minimum absolute atomic E-state index is 0.195. The third kappa shape index (κ3) is 4.72. The maximum absolute atomic E-state index is 10.9. The predicted octanol–water partition coefficient (Wildman–Crippen LogP) is 4.73. The van der Waals surface area contributed by atoms with Gasteiger partial charge >= 0.3 is 6.09 Å². The fourth-order valence-corrected chi connectivity index (χ4v) is 3.27. The van der Waals surface area contributed by atoms with Crippen LogP contribution in [0.1, 0.15) is 23.1 Å². The van der Waals surface area contributed by atoms with Gasteiger partial charge in [-0.05, 0) is 64.3 Å². The Balaban J connectivity index is 1.64. The van der Waals surface area contributed by atoms with Gasteiger partial charge in [0.25, 0.3) is 0 Å². The fourth-order valence-electron chi connectivity index (χ4n) is 3.04. The van der Waals surface area contributed by atoms with Gasteiger partial charge in [0.05, 0.1) is 11.6 Å². The Labute approximate surface area is 181 Å². The Bertz CT molecular complexity index is 1130. The molecule has 0 aliphatic carbocycles. The molecule has 8 heteroatoms. The summed E-state index contributed by atoms with van der Waals surface area (Å²) >= 11 is 3.42. The Morgan fingerprint density at radius 1 is 1.03 bits per heavy atom. The van der Waals surface area contributed by atoms with Crippen LogP contribution in [-0.4, -0.2) is 21.3 Å². The molecule has 0 radical (unpaired) electrons. The van der Waals surface area contributed by atoms with Crippen LogP contribution in [0.15, 0.2) is 81.8 Å². The molecule has 4 aromatic rings. The maximum atomic E-state index is 10.9. The van der Waals surface area contributed by atoms with Crippen LogP contribution in [0.5, 0.6) is 5.75 Å². The third-order valence-corrected chi connectivity index (χ3v) is 4.92. The first-order chi connectivity index (χ1) is 14.6. The van der Waals surface area contributed by atoms with Crippen molar-refractivity contribution in [1.82, 2.24) is 15.2 Å². The van der Waals surface area contributed by atoms with E-state index in [1.807, 2.05) is 30.3 Å². The molecule has 0 fully saturated rings. The maximum Gasteiger partial charge on any atom is 0.409 e. The van der Waals surface area contributed by atoms with E-state index in [9.17, 15) is 4.79 Å². The number of hydrogen-bond acceptors (Lipinski definition) is 6. The molecule has 2 aromatic heterocycles. The lowest BCUT2D eigenvalue weighted by molar-refractivity contribution is 0.211. The molecule has 0 saturated heterocycles. The first kappa shape index (κ1) is 19.8. The number of hydrogen-bond donors (Lipinski definition) is 1. The van der Waals surface area contributed by atoms with E-state index in [1.165, 1.54) is 0 Å². The summed E-state index contributed by atoms with van der Waals surface area (Å²) in [6.07, 6.45) is 1.55. The Kier molecular flexibility index (Phi) is 5.85. The second kappa shape index (κ2) is 8.87. The number of amides is 1. The molecule has 2 aromatic carbocycles. The molecular formula is C22H17BrN4O3. The molecule has 1 amide bonds. The van der Waals surface area contributed by atoms with Crippen LogP contribution in [0.4, 0.5) is 4.79 Å². The van der Waals surface area contributed by atoms with E-state index in [0.717, 1.165) is 15.7 Å². The molecule has 150 valence electrons. The predicted molar refractivity (Wildman–Crippen MR) is 114 cm³/mol. The topological polar surface area (TPSA) is 104 Å². The molecule has 0 saturated carbocycles. The van der Waals surface area contributed by atoms with Gasteiger partial charge in [-0.25, -0.2) is 4.79 Å². The second-order valence-electron chi connectivity index (χ2n) is 6.53. The van der Waals surface area contributed by atoms with Gasteiger partial charge in [-0.3, -0.25) is 4.98 Å². The first-order valence-corrected chi connectivity index (χ1v) is 9.94. The van der Waals surface area contributed by atoms with Crippen LogP contribution in [0.3, 0.4) is 0 Å². The number of primary amides is 1. The molecule has 1 atom stereocenters. The van der Waals surface area contributed by atoms with Crippen LogP contribution in [0.2, 0.25) is 0 Å². The molecule has 2 heterocycles. The lowest BCUT2D eigenvalue weighted by Gasteiger charge is -2.13. The van der Waals surface area contributed by atoms with Crippen molar-refractivity contribution in [2.75, 3.05) is 0 Å². The highest BCUT2D eigenvalue weighted by Gasteiger charge is 2.23. The van der Waals surface area contributed by atoms with Gasteiger partial charge in [0.1, 0.15) is 5.75 Å². The molecule has 0 spiro atoms. The Morgan fingerprint density at radius 3 is 2.47 bits per heavy atom. The van der Waals surface area contributed by atoms with Crippen molar-refractivity contribution in [3.63, 3.8) is 0 Å². The summed E-state index contributed by atoms with van der Waals surface area (Å²) in [5.74, 6) is 0.984. The van der Waals surface area contributed by atoms with E-state index in [1.54, 1.807) is 30.5 Å². The van der Waals surface area contributed by atoms with Gasteiger partial charge in [0.15, 0.2) is 0 Å². The zero-order valence-corrected chi connectivity index (χ0v) is 17.3. The van der Waals surface area contributed by atoms with Crippen molar-refractivity contribution >= 4 is 22.0 Å². The summed E-state index contributed by atoms with van der Waals surface area (Å²) in [6, 6.07) is 20.6. The zero-order chi connectivity index (χ0) is 20.9. The van der Waals surface area contributed by atoms with Gasteiger partial charge < -0.3 is 14.9 Å². The SMILES string of the molecule is NC(=O)Oc1ccc(-c2nnc(C(Cc3ccccc3)c3ccc(Br)cn3)o2)cc1. The highest BCUT2D eigenvalue weighted by molar-refractivity contribution is 9.10. The summed E-state index contributed by atoms with van der Waals surface area (Å²) in [4.78, 5) is 15.4. The fraction of sp³-hybridized carbons (Fsp3) is 0.0909. The number of nitrogens with two attached hydrogens (primary N) is 1. The summed E-state index contributed by atoms with van der Waals surface area (Å²) in [6.45, 7) is 0. The van der Waals surface area contributed by atoms with E-state index < -0.39 is 6.09 Å². The standard InChI is InChI=1S/C22H17BrN4O3/c23-16-8-11-19(25-13-16)18(12-14-4-2-1-3-5-14)21-27-26-20(30-21)15-6-9-17(10-7-15)29-22(24)28/h1-11,13,18H,12H2,(H2,24,28). The zero-order valence-electron chi connectivity index (χ0n) is 15.7. The largest absolute Gasteiger partial charge is 0.420 e. The molecule has 2 N–H and O–H groups in total. The average molecular weight is 465 g/mol. The lowest BCUT2D eigenvalue weighted by atomic mass is 9.95. The lowest BCUT2D eigenvalue weighted by Crippen LogP contribution is -2.16. The smallest absolute Gasteiger partial charge is 0.409 e. The Hall–Kier alpha value is -3.52. The van der Waals surface area contributed by atoms with E-state index in [-0.39, 0.29) is 5.92 Å². The molecule has 0 bridgehead atoms. The van der Waals surface area contributed by atoms with Gasteiger partial charge in [0.2, 0.25) is 11.8 Å². The number of aromatic nitrogens is 3. The van der Waals surface area contributed by atoms with Crippen LogP contribution < -0.4 is 10.5 Å². The van der Waals surface area contributed by atoms with Crippen LogP contribution >= 0.6 is 15.9 Å². The van der Waals surface area contributed by atoms with Gasteiger partial charge in [-0.2, -0.15) is 0 Å². The van der Waals surface area contributed by atoms with E-state index in [0.29, 0.717) is 29.5 Å². The van der Waals surface area contributed by atoms with E-state index in [4.69, 9.17) is 14.9 Å². The number of carbonyl (C=O) groups excluding carboxylic acids is 1. The van der Waals surface area contributed by atoms with Crippen molar-refractivity contribution in [3.05, 3.63) is 94.5 Å². The molecule has 1 unspecified atom stereocenters. The van der Waals surface area contributed by atoms with Crippen LogP contribution in [0, 0.1) is 0 Å². The quantitative estimate of drug-likeness (QED) is 0.442. The summed E-state index contributed by atoms with van der Waals surface area (Å²) in [7, 11) is 0. The Morgan fingerprint density at radius 2 is 1.80 bits per heavy atom. The van der Waals surface area contributed by atoms with Gasteiger partial charge in [0, 0.05) is 16.2 Å². The average Bonchev–Trinajstić information content (AvgIpc) is 3.24. The molecule has 0 aliphatic rings. The normalized spacial score (nSPS) is 11.8. The third-order valence-electron chi connectivity index (χ3n) is 4.45. The van der Waals surface area contributed by atoms with Gasteiger partial charge in [-0.1, -0.05) is 30.3 Å². The van der Waals surface area contributed by atoms with Crippen molar-refractivity contribution in [2.24, 2.45) is 5.73 Å². The number of carbonyl (C=O) groups is 1. The van der Waals surface area contributed by atoms with Crippen molar-refractivity contribution in [1.29, 1.82) is 0 Å². The van der Waals surface area contributed by atoms with Crippen molar-refractivity contribution in [3.8, 4) is 17.2 Å². The van der Waals surface area contributed by atoms with Crippen LogP contribution in [-0.2, 0) is 6.42 Å². The molecular weight excluding hydrogens is 448 g/mol. The summed E-state index contributed by atoms with van der Waals surface area (Å²) < 4.78 is 11.7. The van der Waals surface area contributed by atoms with Crippen molar-refractivity contribution < 1.29 is 13.9 Å². The molecule has 0 aliphatic heterocycles. The number of rotatable bonds is 6.